The molecule has 1 heteroatoms. The number of rotatable bonds is 4. The van der Waals surface area contributed by atoms with E-state index in [9.17, 15) is 0 Å². The van der Waals surface area contributed by atoms with Gasteiger partial charge >= 0.3 is 0 Å². The number of nitrogens with one attached hydrogen (secondary N) is 1. The van der Waals surface area contributed by atoms with Crippen LogP contribution in [0.1, 0.15) is 42.6 Å². The molecule has 18 heavy (non-hydrogen) atoms. The van der Waals surface area contributed by atoms with E-state index in [4.69, 9.17) is 0 Å². The van der Waals surface area contributed by atoms with E-state index >= 15 is 0 Å². The third kappa shape index (κ3) is 3.21. The quantitative estimate of drug-likeness (QED) is 0.833. The Kier molecular flexibility index (Phi) is 4.16. The molecule has 2 aromatic rings. The summed E-state index contributed by atoms with van der Waals surface area (Å²) in [5.41, 5.74) is 3.97. The smallest absolute Gasteiger partial charge is 0.0297 e. The lowest BCUT2D eigenvalue weighted by molar-refractivity contribution is 0.494. The summed E-state index contributed by atoms with van der Waals surface area (Å²) in [7, 11) is 0. The molecule has 0 fully saturated rings. The second-order valence-corrected chi connectivity index (χ2v) is 4.93. The Labute approximate surface area is 110 Å². The fourth-order valence-electron chi connectivity index (χ4n) is 2.16. The van der Waals surface area contributed by atoms with E-state index in [2.05, 4.69) is 80.7 Å². The van der Waals surface area contributed by atoms with Crippen LogP contribution >= 0.6 is 0 Å². The molecular weight excluding hydrogens is 218 g/mol. The van der Waals surface area contributed by atoms with Gasteiger partial charge in [-0.1, -0.05) is 60.2 Å². The van der Waals surface area contributed by atoms with Crippen LogP contribution in [-0.4, -0.2) is 0 Å². The first-order valence-electron chi connectivity index (χ1n) is 6.54. The summed E-state index contributed by atoms with van der Waals surface area (Å²) in [4.78, 5) is 0. The predicted octanol–water partition coefficient (Wildman–Crippen LogP) is 4.41. The first kappa shape index (κ1) is 12.8. The zero-order valence-corrected chi connectivity index (χ0v) is 11.4. The SMILES string of the molecule is Cc1ccc([C@H](C)N[C@@H](C)c2ccccc2)cc1. The number of aryl methyl sites for hydroxylation is 1. The molecule has 2 aromatic carbocycles. The van der Waals surface area contributed by atoms with Crippen molar-refractivity contribution in [1.29, 1.82) is 0 Å². The van der Waals surface area contributed by atoms with Gasteiger partial charge in [0.1, 0.15) is 0 Å². The zero-order chi connectivity index (χ0) is 13.0. The summed E-state index contributed by atoms with van der Waals surface area (Å²) in [5.74, 6) is 0. The van der Waals surface area contributed by atoms with Crippen LogP contribution in [0.3, 0.4) is 0 Å². The van der Waals surface area contributed by atoms with Crippen molar-refractivity contribution in [2.24, 2.45) is 0 Å². The molecule has 0 aromatic heterocycles. The van der Waals surface area contributed by atoms with Crippen molar-refractivity contribution in [3.63, 3.8) is 0 Å². The minimum absolute atomic E-state index is 0.362. The van der Waals surface area contributed by atoms with Crippen LogP contribution in [-0.2, 0) is 0 Å². The highest BCUT2D eigenvalue weighted by Gasteiger charge is 2.10. The van der Waals surface area contributed by atoms with Gasteiger partial charge in [-0.05, 0) is 31.9 Å². The predicted molar refractivity (Wildman–Crippen MR) is 77.6 cm³/mol. The highest BCUT2D eigenvalue weighted by Crippen LogP contribution is 2.19. The summed E-state index contributed by atoms with van der Waals surface area (Å²) in [6.07, 6.45) is 0. The molecule has 1 nitrogen and oxygen atoms in total. The fourth-order valence-corrected chi connectivity index (χ4v) is 2.16. The Bertz CT molecular complexity index is 473. The van der Waals surface area contributed by atoms with Crippen molar-refractivity contribution >= 4 is 0 Å². The number of hydrogen-bond acceptors (Lipinski definition) is 1. The first-order valence-corrected chi connectivity index (χ1v) is 6.54. The van der Waals surface area contributed by atoms with Gasteiger partial charge in [-0.15, -0.1) is 0 Å². The second kappa shape index (κ2) is 5.83. The molecule has 0 heterocycles. The van der Waals surface area contributed by atoms with Gasteiger partial charge in [-0.25, -0.2) is 0 Å². The normalized spacial score (nSPS) is 14.2. The summed E-state index contributed by atoms with van der Waals surface area (Å²) in [5, 5.41) is 3.63. The topological polar surface area (TPSA) is 12.0 Å². The lowest BCUT2D eigenvalue weighted by Crippen LogP contribution is -2.22. The number of benzene rings is 2. The Morgan fingerprint density at radius 1 is 0.722 bits per heavy atom. The monoisotopic (exact) mass is 239 g/mol. The highest BCUT2D eigenvalue weighted by atomic mass is 14.9. The molecule has 1 N–H and O–H groups in total. The molecule has 0 saturated heterocycles. The molecule has 0 unspecified atom stereocenters. The average Bonchev–Trinajstić information content (AvgIpc) is 2.40. The molecule has 0 aliphatic heterocycles. The minimum atomic E-state index is 0.362. The van der Waals surface area contributed by atoms with E-state index in [1.165, 1.54) is 16.7 Å². The Morgan fingerprint density at radius 3 is 1.78 bits per heavy atom. The van der Waals surface area contributed by atoms with Crippen LogP contribution in [0, 0.1) is 6.92 Å². The van der Waals surface area contributed by atoms with Crippen LogP contribution in [0.25, 0.3) is 0 Å². The van der Waals surface area contributed by atoms with Gasteiger partial charge in [0.05, 0.1) is 0 Å². The van der Waals surface area contributed by atoms with Gasteiger partial charge in [0, 0.05) is 12.1 Å². The van der Waals surface area contributed by atoms with Crippen LogP contribution in [0.5, 0.6) is 0 Å². The molecule has 0 spiro atoms. The zero-order valence-electron chi connectivity index (χ0n) is 11.4. The maximum absolute atomic E-state index is 3.63. The van der Waals surface area contributed by atoms with Crippen LogP contribution in [0.2, 0.25) is 0 Å². The molecule has 94 valence electrons. The molecule has 0 radical (unpaired) electrons. The summed E-state index contributed by atoms with van der Waals surface area (Å²) in [6.45, 7) is 6.54. The lowest BCUT2D eigenvalue weighted by atomic mass is 10.0. The van der Waals surface area contributed by atoms with Gasteiger partial charge in [0.2, 0.25) is 0 Å². The molecular formula is C17H21N. The average molecular weight is 239 g/mol. The van der Waals surface area contributed by atoms with Crippen molar-refractivity contribution in [2.75, 3.05) is 0 Å². The minimum Gasteiger partial charge on any atom is -0.304 e. The molecule has 2 rings (SSSR count). The molecule has 2 atom stereocenters. The molecule has 0 bridgehead atoms. The van der Waals surface area contributed by atoms with E-state index in [-0.39, 0.29) is 0 Å². The standard InChI is InChI=1S/C17H21N/c1-13-9-11-17(12-10-13)15(3)18-14(2)16-7-5-4-6-8-16/h4-12,14-15,18H,1-3H3/t14-,15-/m0/s1. The Balaban J connectivity index is 2.03. The third-order valence-corrected chi connectivity index (χ3v) is 3.38. The number of hydrogen-bond donors (Lipinski definition) is 1. The first-order chi connectivity index (χ1) is 8.66. The third-order valence-electron chi connectivity index (χ3n) is 3.38. The van der Waals surface area contributed by atoms with E-state index in [0.717, 1.165) is 0 Å². The maximum atomic E-state index is 3.63. The van der Waals surface area contributed by atoms with Crippen LogP contribution in [0.4, 0.5) is 0 Å². The summed E-state index contributed by atoms with van der Waals surface area (Å²) in [6, 6.07) is 20.0. The van der Waals surface area contributed by atoms with Gasteiger partial charge in [0.25, 0.3) is 0 Å². The van der Waals surface area contributed by atoms with E-state index in [1.54, 1.807) is 0 Å². The van der Waals surface area contributed by atoms with E-state index in [0.29, 0.717) is 12.1 Å². The van der Waals surface area contributed by atoms with E-state index < -0.39 is 0 Å². The molecule has 0 amide bonds. The molecule has 0 aliphatic rings. The fraction of sp³-hybridized carbons (Fsp3) is 0.294. The lowest BCUT2D eigenvalue weighted by Gasteiger charge is -2.21. The molecule has 0 saturated carbocycles. The van der Waals surface area contributed by atoms with Crippen molar-refractivity contribution in [3.8, 4) is 0 Å². The van der Waals surface area contributed by atoms with Gasteiger partial charge in [-0.2, -0.15) is 0 Å². The van der Waals surface area contributed by atoms with Crippen molar-refractivity contribution in [2.45, 2.75) is 32.9 Å². The van der Waals surface area contributed by atoms with Gasteiger partial charge in [-0.3, -0.25) is 0 Å². The summed E-state index contributed by atoms with van der Waals surface area (Å²) >= 11 is 0. The van der Waals surface area contributed by atoms with Gasteiger partial charge in [0.15, 0.2) is 0 Å². The van der Waals surface area contributed by atoms with Crippen molar-refractivity contribution in [1.82, 2.24) is 5.32 Å². The van der Waals surface area contributed by atoms with Crippen molar-refractivity contribution < 1.29 is 0 Å². The van der Waals surface area contributed by atoms with Crippen LogP contribution < -0.4 is 5.32 Å². The van der Waals surface area contributed by atoms with Gasteiger partial charge < -0.3 is 5.32 Å². The Hall–Kier alpha value is -1.60. The van der Waals surface area contributed by atoms with Crippen molar-refractivity contribution in [3.05, 3.63) is 71.3 Å². The highest BCUT2D eigenvalue weighted by molar-refractivity contribution is 5.25. The summed E-state index contributed by atoms with van der Waals surface area (Å²) < 4.78 is 0. The second-order valence-electron chi connectivity index (χ2n) is 4.93. The Morgan fingerprint density at radius 2 is 1.22 bits per heavy atom. The molecule has 0 aliphatic carbocycles. The van der Waals surface area contributed by atoms with Crippen LogP contribution in [0.15, 0.2) is 54.6 Å². The largest absolute Gasteiger partial charge is 0.304 e. The van der Waals surface area contributed by atoms with E-state index in [1.807, 2.05) is 0 Å². The maximum Gasteiger partial charge on any atom is 0.0297 e.